The van der Waals surface area contributed by atoms with Crippen LogP contribution < -0.4 is 4.90 Å². The molecule has 2 saturated heterocycles. The molecule has 1 aromatic carbocycles. The first-order valence-corrected chi connectivity index (χ1v) is 13.4. The van der Waals surface area contributed by atoms with Crippen molar-refractivity contribution < 1.29 is 12.8 Å². The molecule has 0 radical (unpaired) electrons. The Morgan fingerprint density at radius 2 is 2.03 bits per heavy atom. The highest BCUT2D eigenvalue weighted by Crippen LogP contribution is 2.31. The number of piperidine rings is 1. The summed E-state index contributed by atoms with van der Waals surface area (Å²) >= 11 is 0. The van der Waals surface area contributed by atoms with Gasteiger partial charge in [0.25, 0.3) is 0 Å². The van der Waals surface area contributed by atoms with Crippen molar-refractivity contribution in [2.45, 2.75) is 64.1 Å². The van der Waals surface area contributed by atoms with Crippen LogP contribution >= 0.6 is 0 Å². The van der Waals surface area contributed by atoms with Crippen LogP contribution in [0.2, 0.25) is 0 Å². The molecule has 0 aliphatic carbocycles. The first kappa shape index (κ1) is 23.2. The highest BCUT2D eigenvalue weighted by Gasteiger charge is 2.33. The summed E-state index contributed by atoms with van der Waals surface area (Å²) in [7, 11) is -3.38. The summed E-state index contributed by atoms with van der Waals surface area (Å²) in [6, 6.07) is 5.38. The second kappa shape index (κ2) is 9.87. The lowest BCUT2D eigenvalue weighted by Gasteiger charge is -2.35. The predicted octanol–water partition coefficient (Wildman–Crippen LogP) is 4.70. The fourth-order valence-corrected chi connectivity index (χ4v) is 6.72. The quantitative estimate of drug-likeness (QED) is 0.580. The average molecular weight is 460 g/mol. The summed E-state index contributed by atoms with van der Waals surface area (Å²) in [5.41, 5.74) is 2.63. The molecule has 32 heavy (non-hydrogen) atoms. The van der Waals surface area contributed by atoms with E-state index < -0.39 is 10.0 Å². The van der Waals surface area contributed by atoms with Crippen LogP contribution in [0.5, 0.6) is 0 Å². The number of hydrogen-bond donors (Lipinski definition) is 0. The van der Waals surface area contributed by atoms with Gasteiger partial charge in [0.2, 0.25) is 10.0 Å². The van der Waals surface area contributed by atoms with Gasteiger partial charge in [-0.2, -0.15) is 4.31 Å². The highest BCUT2D eigenvalue weighted by molar-refractivity contribution is 7.89. The number of halogens is 1. The number of benzene rings is 1. The van der Waals surface area contributed by atoms with Crippen molar-refractivity contribution in [3.05, 3.63) is 53.9 Å². The van der Waals surface area contributed by atoms with Crippen LogP contribution in [0.25, 0.3) is 0 Å². The van der Waals surface area contributed by atoms with Crippen molar-refractivity contribution in [2.75, 3.05) is 23.7 Å². The minimum absolute atomic E-state index is 0.0550. The van der Waals surface area contributed by atoms with Gasteiger partial charge in [0.05, 0.1) is 11.8 Å². The molecule has 3 aliphatic heterocycles. The van der Waals surface area contributed by atoms with Crippen molar-refractivity contribution in [3.63, 3.8) is 0 Å². The van der Waals surface area contributed by atoms with E-state index in [4.69, 9.17) is 0 Å². The summed E-state index contributed by atoms with van der Waals surface area (Å²) in [6.07, 6.45) is 11.6. The number of aliphatic imine (C=N–C) groups is 1. The molecular formula is C25H34FN3O2S. The second-order valence-electron chi connectivity index (χ2n) is 9.12. The molecule has 2 unspecified atom stereocenters. The molecule has 0 aromatic heterocycles. The molecule has 0 bridgehead atoms. The summed E-state index contributed by atoms with van der Waals surface area (Å²) < 4.78 is 41.4. The highest BCUT2D eigenvalue weighted by atomic mass is 32.2. The van der Waals surface area contributed by atoms with Gasteiger partial charge in [-0.25, -0.2) is 12.8 Å². The topological polar surface area (TPSA) is 53.0 Å². The lowest BCUT2D eigenvalue weighted by atomic mass is 9.87. The van der Waals surface area contributed by atoms with E-state index in [2.05, 4.69) is 35.7 Å². The van der Waals surface area contributed by atoms with Crippen molar-refractivity contribution in [1.29, 1.82) is 0 Å². The molecule has 2 atom stereocenters. The van der Waals surface area contributed by atoms with Crippen LogP contribution in [-0.4, -0.2) is 49.9 Å². The van der Waals surface area contributed by atoms with Crippen LogP contribution in [0.4, 0.5) is 10.1 Å². The number of sulfonamides is 1. The predicted molar refractivity (Wildman–Crippen MR) is 129 cm³/mol. The summed E-state index contributed by atoms with van der Waals surface area (Å²) in [6.45, 7) is 7.76. The van der Waals surface area contributed by atoms with Crippen LogP contribution in [0.15, 0.2) is 47.5 Å². The molecular weight excluding hydrogens is 425 g/mol. The van der Waals surface area contributed by atoms with Gasteiger partial charge in [-0.05, 0) is 62.1 Å². The molecule has 1 aromatic rings. The third kappa shape index (κ3) is 4.99. The lowest BCUT2D eigenvalue weighted by Crippen LogP contribution is -2.43. The number of nitrogens with zero attached hydrogens (tertiary/aromatic N) is 3. The smallest absolute Gasteiger partial charge is 0.214 e. The first-order valence-electron chi connectivity index (χ1n) is 11.8. The monoisotopic (exact) mass is 459 g/mol. The van der Waals surface area contributed by atoms with E-state index in [0.29, 0.717) is 23.9 Å². The molecule has 0 saturated carbocycles. The zero-order valence-electron chi connectivity index (χ0n) is 18.9. The van der Waals surface area contributed by atoms with Gasteiger partial charge in [-0.3, -0.25) is 4.99 Å². The Morgan fingerprint density at radius 3 is 2.66 bits per heavy atom. The zero-order chi connectivity index (χ0) is 22.7. The van der Waals surface area contributed by atoms with Crippen molar-refractivity contribution in [3.8, 4) is 0 Å². The van der Waals surface area contributed by atoms with Crippen LogP contribution in [-0.2, 0) is 16.6 Å². The maximum atomic E-state index is 15.0. The van der Waals surface area contributed by atoms with Crippen LogP contribution in [0.3, 0.4) is 0 Å². The Morgan fingerprint density at radius 1 is 1.25 bits per heavy atom. The standard InChI is InChI=1S/C25H34FN3O2S/c1-3-22-9-7-20(17-27-22)19-11-13-28(14-12-19)24-10-8-21(25(26)16-24)18-29-23(4-2)6-5-15-32(29,30)31/h4,7-8,10,16-17,19,22-23H,2-3,5-6,9,11-15,18H2,1H3. The van der Waals surface area contributed by atoms with Crippen molar-refractivity contribution in [2.24, 2.45) is 10.9 Å². The van der Waals surface area contributed by atoms with Gasteiger partial charge in [0, 0.05) is 43.1 Å². The minimum Gasteiger partial charge on any atom is -0.371 e. The molecule has 2 fully saturated rings. The molecule has 3 aliphatic rings. The Balaban J connectivity index is 1.39. The van der Waals surface area contributed by atoms with Gasteiger partial charge in [-0.1, -0.05) is 25.1 Å². The molecule has 3 heterocycles. The van der Waals surface area contributed by atoms with E-state index in [1.54, 1.807) is 18.2 Å². The third-order valence-corrected chi connectivity index (χ3v) is 9.05. The SMILES string of the molecule is C=CC1CCCS(=O)(=O)N1Cc1ccc(N2CCC(C3=CCC(CC)N=C3)CC2)cc1F. The molecule has 5 nitrogen and oxygen atoms in total. The summed E-state index contributed by atoms with van der Waals surface area (Å²) in [5.74, 6) is 0.296. The Labute approximate surface area is 191 Å². The van der Waals surface area contributed by atoms with E-state index in [0.717, 1.165) is 50.9 Å². The number of hydrogen-bond acceptors (Lipinski definition) is 4. The molecule has 174 valence electrons. The van der Waals surface area contributed by atoms with Gasteiger partial charge < -0.3 is 4.90 Å². The second-order valence-corrected chi connectivity index (χ2v) is 11.2. The van der Waals surface area contributed by atoms with Gasteiger partial charge in [0.1, 0.15) is 5.82 Å². The third-order valence-electron chi connectivity index (χ3n) is 7.13. The average Bonchev–Trinajstić information content (AvgIpc) is 2.81. The van der Waals surface area contributed by atoms with Gasteiger partial charge in [0.15, 0.2) is 0 Å². The molecule has 7 heteroatoms. The number of allylic oxidation sites excluding steroid dienone is 1. The molecule has 0 amide bonds. The summed E-state index contributed by atoms with van der Waals surface area (Å²) in [5, 5.41) is 0. The molecule has 0 N–H and O–H groups in total. The maximum absolute atomic E-state index is 15.0. The summed E-state index contributed by atoms with van der Waals surface area (Å²) in [4.78, 5) is 6.89. The molecule has 4 rings (SSSR count). The largest absolute Gasteiger partial charge is 0.371 e. The number of rotatable bonds is 6. The zero-order valence-corrected chi connectivity index (χ0v) is 19.7. The van der Waals surface area contributed by atoms with E-state index in [9.17, 15) is 12.8 Å². The fourth-order valence-electron chi connectivity index (χ4n) is 5.01. The van der Waals surface area contributed by atoms with Gasteiger partial charge in [-0.15, -0.1) is 6.58 Å². The van der Waals surface area contributed by atoms with Crippen LogP contribution in [0, 0.1) is 11.7 Å². The van der Waals surface area contributed by atoms with E-state index >= 15 is 0 Å². The van der Waals surface area contributed by atoms with Crippen molar-refractivity contribution in [1.82, 2.24) is 4.31 Å². The Hall–Kier alpha value is -1.99. The normalized spacial score (nSPS) is 26.7. The number of dihydropyridines is 1. The fraction of sp³-hybridized carbons (Fsp3) is 0.560. The van der Waals surface area contributed by atoms with E-state index in [1.165, 1.54) is 9.88 Å². The maximum Gasteiger partial charge on any atom is 0.214 e. The Kier molecular flexibility index (Phi) is 7.15. The lowest BCUT2D eigenvalue weighted by molar-refractivity contribution is 0.317. The molecule has 0 spiro atoms. The minimum atomic E-state index is -3.38. The van der Waals surface area contributed by atoms with E-state index in [1.807, 2.05) is 6.07 Å². The van der Waals surface area contributed by atoms with Crippen LogP contribution in [0.1, 0.15) is 51.0 Å². The van der Waals surface area contributed by atoms with Gasteiger partial charge >= 0.3 is 0 Å². The number of anilines is 1. The van der Waals surface area contributed by atoms with E-state index in [-0.39, 0.29) is 24.2 Å². The first-order chi connectivity index (χ1) is 15.4. The Bertz CT molecular complexity index is 996. The van der Waals surface area contributed by atoms with Crippen molar-refractivity contribution >= 4 is 21.9 Å².